The fourth-order valence-electron chi connectivity index (χ4n) is 0.568. The third-order valence-electron chi connectivity index (χ3n) is 1.05. The average Bonchev–Trinajstić information content (AvgIpc) is 1.80. The second-order valence-electron chi connectivity index (χ2n) is 2.05. The molecule has 0 aromatic heterocycles. The van der Waals surface area contributed by atoms with Crippen LogP contribution in [0.3, 0.4) is 0 Å². The summed E-state index contributed by atoms with van der Waals surface area (Å²) in [5.41, 5.74) is 0. The van der Waals surface area contributed by atoms with Gasteiger partial charge in [0.05, 0.1) is 0 Å². The molecule has 0 aliphatic rings. The molecule has 0 aliphatic carbocycles. The second-order valence-corrected chi connectivity index (χ2v) is 3.45. The molecule has 0 radical (unpaired) electrons. The first-order chi connectivity index (χ1) is 4.27. The van der Waals surface area contributed by atoms with Gasteiger partial charge in [0, 0.05) is 6.92 Å². The fourth-order valence-corrected chi connectivity index (χ4v) is 1.70. The van der Waals surface area contributed by atoms with Crippen LogP contribution in [0.25, 0.3) is 0 Å². The Morgan fingerprint density at radius 3 is 2.78 bits per heavy atom. The average molecular weight is 146 g/mol. The fraction of sp³-hybridized carbons (Fsp3) is 0.833. The van der Waals surface area contributed by atoms with Crippen molar-refractivity contribution in [3.05, 3.63) is 0 Å². The maximum atomic E-state index is 10.2. The molecule has 2 nitrogen and oxygen atoms in total. The summed E-state index contributed by atoms with van der Waals surface area (Å²) in [6.45, 7) is 3.61. The minimum Gasteiger partial charge on any atom is -0.525 e. The summed E-state index contributed by atoms with van der Waals surface area (Å²) in [6, 6.07) is 1.14. The molecular weight excluding hydrogens is 132 g/mol. The van der Waals surface area contributed by atoms with Crippen LogP contribution in [0.5, 0.6) is 0 Å². The van der Waals surface area contributed by atoms with Crippen LogP contribution in [-0.2, 0) is 9.22 Å². The summed E-state index contributed by atoms with van der Waals surface area (Å²) in [5, 5.41) is 0. The number of hydrogen-bond acceptors (Lipinski definition) is 2. The number of carbonyl (C=O) groups excluding carboxylic acids is 1. The van der Waals surface area contributed by atoms with E-state index in [1.807, 2.05) is 0 Å². The maximum absolute atomic E-state index is 10.2. The largest absolute Gasteiger partial charge is 0.525 e. The van der Waals surface area contributed by atoms with Crippen molar-refractivity contribution in [1.82, 2.24) is 0 Å². The molecule has 0 rings (SSSR count). The van der Waals surface area contributed by atoms with Crippen molar-refractivity contribution >= 4 is 15.7 Å². The smallest absolute Gasteiger partial charge is 0.288 e. The monoisotopic (exact) mass is 146 g/mol. The number of rotatable bonds is 4. The van der Waals surface area contributed by atoms with Crippen molar-refractivity contribution in [1.29, 1.82) is 0 Å². The molecule has 9 heavy (non-hydrogen) atoms. The van der Waals surface area contributed by atoms with Crippen molar-refractivity contribution in [2.24, 2.45) is 0 Å². The van der Waals surface area contributed by atoms with E-state index in [0.29, 0.717) is 0 Å². The van der Waals surface area contributed by atoms with Gasteiger partial charge in [0.15, 0.2) is 0 Å². The van der Waals surface area contributed by atoms with Crippen LogP contribution in [0, 0.1) is 0 Å². The summed E-state index contributed by atoms with van der Waals surface area (Å²) in [7, 11) is -0.497. The molecule has 0 N–H and O–H groups in total. The molecule has 0 aromatic carbocycles. The van der Waals surface area contributed by atoms with Gasteiger partial charge >= 0.3 is 0 Å². The maximum Gasteiger partial charge on any atom is 0.288 e. The van der Waals surface area contributed by atoms with Crippen molar-refractivity contribution in [2.75, 3.05) is 0 Å². The van der Waals surface area contributed by atoms with E-state index in [-0.39, 0.29) is 5.97 Å². The van der Waals surface area contributed by atoms with Gasteiger partial charge in [0.1, 0.15) is 0 Å². The van der Waals surface area contributed by atoms with Crippen molar-refractivity contribution in [2.45, 2.75) is 32.7 Å². The lowest BCUT2D eigenvalue weighted by Gasteiger charge is -1.97. The first kappa shape index (κ1) is 8.69. The minimum absolute atomic E-state index is 0.113. The Morgan fingerprint density at radius 2 is 2.33 bits per heavy atom. The Bertz CT molecular complexity index is 83.1. The SMILES string of the molecule is CCCC[SiH2]OC(C)=O. The third-order valence-corrected chi connectivity index (χ3v) is 2.45. The predicted molar refractivity (Wildman–Crippen MR) is 40.0 cm³/mol. The van der Waals surface area contributed by atoms with Crippen LogP contribution in [0.15, 0.2) is 0 Å². The summed E-state index contributed by atoms with van der Waals surface area (Å²) in [4.78, 5) is 10.2. The quantitative estimate of drug-likeness (QED) is 0.434. The Labute approximate surface area is 58.5 Å². The van der Waals surface area contributed by atoms with Gasteiger partial charge in [0.25, 0.3) is 5.97 Å². The predicted octanol–water partition coefficient (Wildman–Crippen LogP) is 0.852. The molecule has 0 saturated carbocycles. The number of unbranched alkanes of at least 4 members (excludes halogenated alkanes) is 1. The number of carbonyl (C=O) groups is 1. The zero-order valence-corrected chi connectivity index (χ0v) is 7.56. The molecule has 0 atom stereocenters. The lowest BCUT2D eigenvalue weighted by Crippen LogP contribution is -2.02. The summed E-state index contributed by atoms with van der Waals surface area (Å²) in [5.74, 6) is -0.113. The molecule has 0 unspecified atom stereocenters. The van der Waals surface area contributed by atoms with Gasteiger partial charge in [-0.25, -0.2) is 0 Å². The van der Waals surface area contributed by atoms with Gasteiger partial charge in [-0.05, 0) is 6.04 Å². The molecule has 0 fully saturated rings. The van der Waals surface area contributed by atoms with E-state index in [1.54, 1.807) is 0 Å². The zero-order valence-electron chi connectivity index (χ0n) is 6.14. The molecule has 0 saturated heterocycles. The number of hydrogen-bond donors (Lipinski definition) is 0. The highest BCUT2D eigenvalue weighted by Gasteiger charge is 1.91. The van der Waals surface area contributed by atoms with Crippen LogP contribution < -0.4 is 0 Å². The highest BCUT2D eigenvalue weighted by atomic mass is 28.2. The van der Waals surface area contributed by atoms with Crippen molar-refractivity contribution in [3.63, 3.8) is 0 Å². The normalized spacial score (nSPS) is 10.4. The summed E-state index contributed by atoms with van der Waals surface area (Å²) in [6.07, 6.45) is 2.41. The van der Waals surface area contributed by atoms with E-state index < -0.39 is 9.76 Å². The van der Waals surface area contributed by atoms with Gasteiger partial charge in [-0.1, -0.05) is 19.8 Å². The van der Waals surface area contributed by atoms with E-state index in [1.165, 1.54) is 19.8 Å². The lowest BCUT2D eigenvalue weighted by atomic mass is 10.4. The standard InChI is InChI=1S/C6H14O2Si/c1-3-4-5-9-8-6(2)7/h3-5,9H2,1-2H3. The van der Waals surface area contributed by atoms with Crippen LogP contribution >= 0.6 is 0 Å². The van der Waals surface area contributed by atoms with Gasteiger partial charge in [0.2, 0.25) is 9.76 Å². The first-order valence-corrected chi connectivity index (χ1v) is 4.98. The third kappa shape index (κ3) is 7.69. The van der Waals surface area contributed by atoms with Crippen LogP contribution in [0.4, 0.5) is 0 Å². The molecule has 3 heteroatoms. The van der Waals surface area contributed by atoms with Crippen molar-refractivity contribution in [3.8, 4) is 0 Å². The van der Waals surface area contributed by atoms with Gasteiger partial charge in [-0.3, -0.25) is 4.79 Å². The van der Waals surface area contributed by atoms with Crippen LogP contribution in [0.1, 0.15) is 26.7 Å². The molecular formula is C6H14O2Si. The lowest BCUT2D eigenvalue weighted by molar-refractivity contribution is -0.131. The molecule has 54 valence electrons. The molecule has 0 amide bonds. The Morgan fingerprint density at radius 1 is 1.67 bits per heavy atom. The molecule has 0 bridgehead atoms. The second kappa shape index (κ2) is 5.82. The van der Waals surface area contributed by atoms with Gasteiger partial charge < -0.3 is 4.43 Å². The molecule has 0 aliphatic heterocycles. The summed E-state index contributed by atoms with van der Waals surface area (Å²) < 4.78 is 4.84. The van der Waals surface area contributed by atoms with E-state index in [4.69, 9.17) is 4.43 Å². The summed E-state index contributed by atoms with van der Waals surface area (Å²) >= 11 is 0. The Kier molecular flexibility index (Phi) is 5.61. The zero-order chi connectivity index (χ0) is 7.11. The molecule has 0 heterocycles. The van der Waals surface area contributed by atoms with E-state index >= 15 is 0 Å². The topological polar surface area (TPSA) is 26.3 Å². The first-order valence-electron chi connectivity index (χ1n) is 3.40. The van der Waals surface area contributed by atoms with E-state index in [9.17, 15) is 4.79 Å². The molecule has 0 aromatic rings. The minimum atomic E-state index is -0.497. The Hall–Kier alpha value is -0.313. The van der Waals surface area contributed by atoms with E-state index in [2.05, 4.69) is 6.92 Å². The van der Waals surface area contributed by atoms with Crippen LogP contribution in [-0.4, -0.2) is 15.7 Å². The van der Waals surface area contributed by atoms with E-state index in [0.717, 1.165) is 6.04 Å². The van der Waals surface area contributed by atoms with Crippen molar-refractivity contribution < 1.29 is 9.22 Å². The highest BCUT2D eigenvalue weighted by molar-refractivity contribution is 6.30. The Balaban J connectivity index is 2.83. The van der Waals surface area contributed by atoms with Gasteiger partial charge in [-0.15, -0.1) is 0 Å². The molecule has 0 spiro atoms. The highest BCUT2D eigenvalue weighted by Crippen LogP contribution is 1.93. The van der Waals surface area contributed by atoms with Gasteiger partial charge in [-0.2, -0.15) is 0 Å². The van der Waals surface area contributed by atoms with Crippen LogP contribution in [0.2, 0.25) is 6.04 Å².